The van der Waals surface area contributed by atoms with E-state index in [-0.39, 0.29) is 17.6 Å². The molecule has 0 aromatic rings. The van der Waals surface area contributed by atoms with Gasteiger partial charge in [-0.25, -0.2) is 0 Å². The van der Waals surface area contributed by atoms with Crippen molar-refractivity contribution in [3.05, 3.63) is 0 Å². The lowest BCUT2D eigenvalue weighted by Gasteiger charge is -2.27. The minimum Gasteiger partial charge on any atom is -0.459 e. The number of ether oxygens (including phenoxy) is 1. The fourth-order valence-corrected chi connectivity index (χ4v) is 2.47. The summed E-state index contributed by atoms with van der Waals surface area (Å²) in [4.78, 5) is 14.4. The maximum Gasteiger partial charge on any atom is 0.323 e. The van der Waals surface area contributed by atoms with Crippen LogP contribution in [0.25, 0.3) is 0 Å². The molecule has 1 rings (SSSR count). The van der Waals surface area contributed by atoms with Crippen molar-refractivity contribution in [1.29, 1.82) is 0 Å². The van der Waals surface area contributed by atoms with Crippen molar-refractivity contribution in [3.8, 4) is 0 Å². The van der Waals surface area contributed by atoms with Crippen molar-refractivity contribution in [2.24, 2.45) is 0 Å². The van der Waals surface area contributed by atoms with Crippen LogP contribution in [0.4, 0.5) is 0 Å². The number of unbranched alkanes of at least 4 members (excludes halogenated alkanes) is 3. The predicted octanol–water partition coefficient (Wildman–Crippen LogP) is 3.37. The Morgan fingerprint density at radius 1 is 1.28 bits per heavy atom. The van der Waals surface area contributed by atoms with Crippen molar-refractivity contribution in [2.75, 3.05) is 13.1 Å². The summed E-state index contributed by atoms with van der Waals surface area (Å²) in [5.41, 5.74) is -0.368. The fraction of sp³-hybridized carbons (Fsp3) is 0.933. The van der Waals surface area contributed by atoms with E-state index in [9.17, 15) is 4.79 Å². The monoisotopic (exact) mass is 255 g/mol. The van der Waals surface area contributed by atoms with Crippen LogP contribution in [-0.2, 0) is 9.53 Å². The van der Waals surface area contributed by atoms with Gasteiger partial charge in [0, 0.05) is 0 Å². The van der Waals surface area contributed by atoms with Crippen LogP contribution in [0.5, 0.6) is 0 Å². The van der Waals surface area contributed by atoms with Crippen LogP contribution < -0.4 is 0 Å². The van der Waals surface area contributed by atoms with E-state index < -0.39 is 0 Å². The smallest absolute Gasteiger partial charge is 0.323 e. The summed E-state index contributed by atoms with van der Waals surface area (Å²) in [6, 6.07) is 0.00542. The molecule has 1 atom stereocenters. The number of hydrogen-bond acceptors (Lipinski definition) is 3. The van der Waals surface area contributed by atoms with Gasteiger partial charge in [-0.15, -0.1) is 0 Å². The summed E-state index contributed by atoms with van der Waals surface area (Å²) < 4.78 is 5.50. The molecule has 1 saturated heterocycles. The van der Waals surface area contributed by atoms with E-state index in [1.54, 1.807) is 0 Å². The summed E-state index contributed by atoms with van der Waals surface area (Å²) in [5.74, 6) is -0.0320. The number of rotatable bonds is 6. The number of esters is 1. The Morgan fingerprint density at radius 2 is 2.00 bits per heavy atom. The Labute approximate surface area is 112 Å². The second-order valence-corrected chi connectivity index (χ2v) is 6.29. The van der Waals surface area contributed by atoms with Crippen molar-refractivity contribution in [1.82, 2.24) is 4.90 Å². The summed E-state index contributed by atoms with van der Waals surface area (Å²) in [6.45, 7) is 10.1. The van der Waals surface area contributed by atoms with Crippen LogP contribution in [0.1, 0.15) is 66.2 Å². The van der Waals surface area contributed by atoms with Gasteiger partial charge in [-0.05, 0) is 53.1 Å². The molecule has 1 heterocycles. The highest BCUT2D eigenvalue weighted by Gasteiger charge is 2.33. The molecule has 1 aliphatic rings. The first-order valence-electron chi connectivity index (χ1n) is 7.41. The molecular formula is C15H29NO2. The Bertz CT molecular complexity index is 258. The average molecular weight is 255 g/mol. The van der Waals surface area contributed by atoms with Gasteiger partial charge in [0.25, 0.3) is 0 Å². The maximum atomic E-state index is 12.1. The molecule has 0 bridgehead atoms. The third-order valence-corrected chi connectivity index (χ3v) is 3.34. The largest absolute Gasteiger partial charge is 0.459 e. The molecule has 0 amide bonds. The summed E-state index contributed by atoms with van der Waals surface area (Å²) in [5, 5.41) is 0. The van der Waals surface area contributed by atoms with Gasteiger partial charge in [0.1, 0.15) is 11.6 Å². The highest BCUT2D eigenvalue weighted by atomic mass is 16.6. The van der Waals surface area contributed by atoms with Crippen LogP contribution in [0.2, 0.25) is 0 Å². The van der Waals surface area contributed by atoms with Crippen LogP contribution in [0.15, 0.2) is 0 Å². The average Bonchev–Trinajstić information content (AvgIpc) is 2.70. The Hall–Kier alpha value is -0.570. The van der Waals surface area contributed by atoms with E-state index in [1.807, 2.05) is 20.8 Å². The zero-order valence-electron chi connectivity index (χ0n) is 12.5. The quantitative estimate of drug-likeness (QED) is 0.538. The van der Waals surface area contributed by atoms with Crippen molar-refractivity contribution < 1.29 is 9.53 Å². The normalized spacial score (nSPS) is 21.2. The lowest BCUT2D eigenvalue weighted by atomic mass is 10.1. The van der Waals surface area contributed by atoms with Crippen molar-refractivity contribution >= 4 is 5.97 Å². The molecular weight excluding hydrogens is 226 g/mol. The SMILES string of the molecule is CCCCCCN1CCCC1C(=O)OC(C)(C)C. The molecule has 0 spiro atoms. The minimum absolute atomic E-state index is 0.00542. The number of carbonyl (C=O) groups excluding carboxylic acids is 1. The Kier molecular flexibility index (Phi) is 6.13. The molecule has 0 radical (unpaired) electrons. The molecule has 0 N–H and O–H groups in total. The van der Waals surface area contributed by atoms with Gasteiger partial charge in [0.15, 0.2) is 0 Å². The van der Waals surface area contributed by atoms with E-state index in [0.29, 0.717) is 0 Å². The summed E-state index contributed by atoms with van der Waals surface area (Å²) in [6.07, 6.45) is 7.11. The fourth-order valence-electron chi connectivity index (χ4n) is 2.47. The lowest BCUT2D eigenvalue weighted by Crippen LogP contribution is -2.40. The van der Waals surface area contributed by atoms with Crippen molar-refractivity contribution in [2.45, 2.75) is 77.9 Å². The number of nitrogens with zero attached hydrogens (tertiary/aromatic N) is 1. The molecule has 3 nitrogen and oxygen atoms in total. The van der Waals surface area contributed by atoms with E-state index in [4.69, 9.17) is 4.74 Å². The third kappa shape index (κ3) is 5.38. The van der Waals surface area contributed by atoms with Gasteiger partial charge < -0.3 is 4.74 Å². The first-order valence-corrected chi connectivity index (χ1v) is 7.41. The van der Waals surface area contributed by atoms with Crippen molar-refractivity contribution in [3.63, 3.8) is 0 Å². The van der Waals surface area contributed by atoms with E-state index in [2.05, 4.69) is 11.8 Å². The first-order chi connectivity index (χ1) is 8.44. The van der Waals surface area contributed by atoms with Crippen LogP contribution in [0, 0.1) is 0 Å². The van der Waals surface area contributed by atoms with Gasteiger partial charge in [-0.3, -0.25) is 9.69 Å². The molecule has 0 aliphatic carbocycles. The lowest BCUT2D eigenvalue weighted by molar-refractivity contribution is -0.160. The number of hydrogen-bond donors (Lipinski definition) is 0. The molecule has 0 aromatic carbocycles. The zero-order chi connectivity index (χ0) is 13.6. The minimum atomic E-state index is -0.368. The number of carbonyl (C=O) groups is 1. The maximum absolute atomic E-state index is 12.1. The predicted molar refractivity (Wildman–Crippen MR) is 74.6 cm³/mol. The van der Waals surface area contributed by atoms with Crippen LogP contribution >= 0.6 is 0 Å². The summed E-state index contributed by atoms with van der Waals surface area (Å²) >= 11 is 0. The van der Waals surface area contributed by atoms with Gasteiger partial charge in [0.2, 0.25) is 0 Å². The topological polar surface area (TPSA) is 29.5 Å². The standard InChI is InChI=1S/C15H29NO2/c1-5-6-7-8-11-16-12-9-10-13(16)14(17)18-15(2,3)4/h13H,5-12H2,1-4H3. The first kappa shape index (κ1) is 15.5. The van der Waals surface area contributed by atoms with Crippen LogP contribution in [-0.4, -0.2) is 35.6 Å². The number of likely N-dealkylation sites (tertiary alicyclic amines) is 1. The second-order valence-electron chi connectivity index (χ2n) is 6.29. The van der Waals surface area contributed by atoms with Gasteiger partial charge >= 0.3 is 5.97 Å². The highest BCUT2D eigenvalue weighted by molar-refractivity contribution is 5.76. The third-order valence-electron chi connectivity index (χ3n) is 3.34. The highest BCUT2D eigenvalue weighted by Crippen LogP contribution is 2.21. The van der Waals surface area contributed by atoms with Crippen LogP contribution in [0.3, 0.4) is 0 Å². The molecule has 1 unspecified atom stereocenters. The van der Waals surface area contributed by atoms with Gasteiger partial charge in [0.05, 0.1) is 0 Å². The van der Waals surface area contributed by atoms with E-state index >= 15 is 0 Å². The molecule has 3 heteroatoms. The van der Waals surface area contributed by atoms with E-state index in [1.165, 1.54) is 25.7 Å². The molecule has 1 fully saturated rings. The molecule has 0 aromatic heterocycles. The molecule has 1 aliphatic heterocycles. The molecule has 0 saturated carbocycles. The summed E-state index contributed by atoms with van der Waals surface area (Å²) in [7, 11) is 0. The Balaban J connectivity index is 2.36. The Morgan fingerprint density at radius 3 is 2.61 bits per heavy atom. The second kappa shape index (κ2) is 7.13. The molecule has 106 valence electrons. The van der Waals surface area contributed by atoms with E-state index in [0.717, 1.165) is 25.9 Å². The zero-order valence-corrected chi connectivity index (χ0v) is 12.5. The van der Waals surface area contributed by atoms with Gasteiger partial charge in [-0.2, -0.15) is 0 Å². The van der Waals surface area contributed by atoms with Gasteiger partial charge in [-0.1, -0.05) is 26.2 Å². The molecule has 18 heavy (non-hydrogen) atoms.